The molecule has 0 atom stereocenters. The average Bonchev–Trinajstić information content (AvgIpc) is 2.85. The zero-order chi connectivity index (χ0) is 13.8. The quantitative estimate of drug-likeness (QED) is 0.498. The molecule has 0 bridgehead atoms. The number of nitrogen functional groups attached to an aromatic ring is 1. The Hall–Kier alpha value is -0.760. The van der Waals surface area contributed by atoms with Gasteiger partial charge in [-0.15, -0.1) is 10.2 Å². The van der Waals surface area contributed by atoms with Crippen LogP contribution in [0.25, 0.3) is 0 Å². The highest BCUT2D eigenvalue weighted by Crippen LogP contribution is 2.31. The molecular formula is C11H11ClN4S3. The second-order valence-corrected chi connectivity index (χ2v) is 7.21. The van der Waals surface area contributed by atoms with Gasteiger partial charge in [0.25, 0.3) is 0 Å². The fourth-order valence-electron chi connectivity index (χ4n) is 1.31. The summed E-state index contributed by atoms with van der Waals surface area (Å²) in [6.07, 6.45) is 1.98. The van der Waals surface area contributed by atoms with Crippen molar-refractivity contribution in [3.05, 3.63) is 34.3 Å². The minimum absolute atomic E-state index is 0.0230. The maximum Gasteiger partial charge on any atom is 0.175 e. The molecule has 0 fully saturated rings. The van der Waals surface area contributed by atoms with Gasteiger partial charge in [-0.05, 0) is 17.9 Å². The van der Waals surface area contributed by atoms with E-state index in [1.165, 1.54) is 0 Å². The molecule has 3 N–H and O–H groups in total. The monoisotopic (exact) mass is 330 g/mol. The molecule has 8 heteroatoms. The fraction of sp³-hybridized carbons (Fsp3) is 0.182. The van der Waals surface area contributed by atoms with E-state index in [9.17, 15) is 0 Å². The second kappa shape index (κ2) is 6.60. The molecule has 0 spiro atoms. The molecule has 2 aromatic rings. The van der Waals surface area contributed by atoms with Crippen molar-refractivity contribution in [2.75, 3.05) is 6.26 Å². The number of benzene rings is 1. The van der Waals surface area contributed by atoms with Crippen LogP contribution in [0, 0.1) is 5.41 Å². The molecule has 1 aromatic heterocycles. The summed E-state index contributed by atoms with van der Waals surface area (Å²) in [6, 6.07) is 5.41. The van der Waals surface area contributed by atoms with Crippen molar-refractivity contribution in [2.45, 2.75) is 14.4 Å². The van der Waals surface area contributed by atoms with Crippen LogP contribution < -0.4 is 5.73 Å². The summed E-state index contributed by atoms with van der Waals surface area (Å²) in [7, 11) is 0. The summed E-state index contributed by atoms with van der Waals surface area (Å²) in [5, 5.41) is 16.1. The zero-order valence-corrected chi connectivity index (χ0v) is 13.2. The first-order valence-electron chi connectivity index (χ1n) is 5.23. The first kappa shape index (κ1) is 14.6. The van der Waals surface area contributed by atoms with E-state index in [0.29, 0.717) is 10.6 Å². The van der Waals surface area contributed by atoms with Gasteiger partial charge in [-0.3, -0.25) is 5.41 Å². The topological polar surface area (TPSA) is 75.7 Å². The third-order valence-corrected chi connectivity index (χ3v) is 5.71. The molecule has 0 amide bonds. The van der Waals surface area contributed by atoms with Crippen molar-refractivity contribution >= 4 is 52.3 Å². The number of hydrogen-bond acceptors (Lipinski definition) is 6. The van der Waals surface area contributed by atoms with E-state index < -0.39 is 0 Å². The summed E-state index contributed by atoms with van der Waals surface area (Å²) in [5.74, 6) is 0.745. The lowest BCUT2D eigenvalue weighted by Gasteiger charge is -2.05. The first-order chi connectivity index (χ1) is 9.10. The van der Waals surface area contributed by atoms with Gasteiger partial charge in [0.05, 0.1) is 0 Å². The van der Waals surface area contributed by atoms with E-state index in [2.05, 4.69) is 10.2 Å². The number of thioether (sulfide) groups is 2. The number of nitrogens with zero attached hydrogens (tertiary/aromatic N) is 2. The van der Waals surface area contributed by atoms with E-state index in [0.717, 1.165) is 20.0 Å². The van der Waals surface area contributed by atoms with E-state index >= 15 is 0 Å². The van der Waals surface area contributed by atoms with Crippen LogP contribution in [-0.4, -0.2) is 22.3 Å². The van der Waals surface area contributed by atoms with Gasteiger partial charge < -0.3 is 5.73 Å². The number of halogens is 1. The van der Waals surface area contributed by atoms with Gasteiger partial charge in [0.1, 0.15) is 5.84 Å². The minimum atomic E-state index is 0.0230. The van der Waals surface area contributed by atoms with E-state index in [4.69, 9.17) is 22.7 Å². The second-order valence-electron chi connectivity index (χ2n) is 3.55. The molecule has 0 aliphatic rings. The summed E-state index contributed by atoms with van der Waals surface area (Å²) in [4.78, 5) is 0. The highest BCUT2D eigenvalue weighted by molar-refractivity contribution is 8.02. The van der Waals surface area contributed by atoms with Gasteiger partial charge in [-0.1, -0.05) is 58.6 Å². The summed E-state index contributed by atoms with van der Waals surface area (Å²) >= 11 is 10.9. The highest BCUT2D eigenvalue weighted by atomic mass is 35.5. The standard InChI is InChI=1S/C11H11ClN4S3/c1-17-10-15-16-11(19-10)18-5-7-3-2-6(9(13)14)4-8(7)12/h2-4H,5H2,1H3,(H3,13,14). The molecule has 4 nitrogen and oxygen atoms in total. The van der Waals surface area contributed by atoms with Crippen molar-refractivity contribution in [3.8, 4) is 0 Å². The van der Waals surface area contributed by atoms with Crippen LogP contribution in [0.4, 0.5) is 0 Å². The lowest BCUT2D eigenvalue weighted by Crippen LogP contribution is -2.10. The Morgan fingerprint density at radius 2 is 2.16 bits per heavy atom. The van der Waals surface area contributed by atoms with Gasteiger partial charge in [0.2, 0.25) is 0 Å². The van der Waals surface area contributed by atoms with E-state index in [1.54, 1.807) is 47.0 Å². The van der Waals surface area contributed by atoms with Crippen molar-refractivity contribution in [2.24, 2.45) is 5.73 Å². The average molecular weight is 331 g/mol. The lowest BCUT2D eigenvalue weighted by atomic mass is 10.1. The van der Waals surface area contributed by atoms with Crippen LogP contribution in [-0.2, 0) is 5.75 Å². The van der Waals surface area contributed by atoms with Crippen LogP contribution in [0.1, 0.15) is 11.1 Å². The molecule has 19 heavy (non-hydrogen) atoms. The molecule has 0 aliphatic carbocycles. The molecule has 0 saturated heterocycles. The number of amidine groups is 1. The fourth-order valence-corrected chi connectivity index (χ4v) is 4.08. The molecule has 1 heterocycles. The number of aromatic nitrogens is 2. The van der Waals surface area contributed by atoms with Crippen LogP contribution in [0.15, 0.2) is 26.9 Å². The molecule has 0 saturated carbocycles. The molecule has 2 rings (SSSR count). The lowest BCUT2D eigenvalue weighted by molar-refractivity contribution is 0.955. The Kier molecular flexibility index (Phi) is 5.09. The van der Waals surface area contributed by atoms with E-state index in [-0.39, 0.29) is 5.84 Å². The van der Waals surface area contributed by atoms with Crippen LogP contribution in [0.5, 0.6) is 0 Å². The Labute approximate surface area is 128 Å². The van der Waals surface area contributed by atoms with Crippen LogP contribution >= 0.6 is 46.5 Å². The third-order valence-electron chi connectivity index (χ3n) is 2.28. The Balaban J connectivity index is 2.05. The van der Waals surface area contributed by atoms with Gasteiger partial charge >= 0.3 is 0 Å². The number of hydrogen-bond donors (Lipinski definition) is 2. The predicted octanol–water partition coefficient (Wildman–Crippen LogP) is 3.49. The van der Waals surface area contributed by atoms with Gasteiger partial charge in [0, 0.05) is 16.3 Å². The Bertz CT molecular complexity index is 599. The zero-order valence-electron chi connectivity index (χ0n) is 10.0. The summed E-state index contributed by atoms with van der Waals surface area (Å²) in [5.41, 5.74) is 7.05. The van der Waals surface area contributed by atoms with Crippen molar-refractivity contribution in [1.82, 2.24) is 10.2 Å². The van der Waals surface area contributed by atoms with Crippen LogP contribution in [0.2, 0.25) is 5.02 Å². The summed E-state index contributed by atoms with van der Waals surface area (Å²) in [6.45, 7) is 0. The third kappa shape index (κ3) is 3.85. The summed E-state index contributed by atoms with van der Waals surface area (Å²) < 4.78 is 1.89. The van der Waals surface area contributed by atoms with Gasteiger partial charge in [0.15, 0.2) is 8.68 Å². The van der Waals surface area contributed by atoms with E-state index in [1.807, 2.05) is 12.3 Å². The Morgan fingerprint density at radius 3 is 2.74 bits per heavy atom. The molecule has 100 valence electrons. The maximum absolute atomic E-state index is 7.36. The number of rotatable bonds is 5. The van der Waals surface area contributed by atoms with Gasteiger partial charge in [-0.2, -0.15) is 0 Å². The molecular weight excluding hydrogens is 320 g/mol. The Morgan fingerprint density at radius 1 is 1.42 bits per heavy atom. The first-order valence-corrected chi connectivity index (χ1v) is 8.63. The predicted molar refractivity (Wildman–Crippen MR) is 83.7 cm³/mol. The van der Waals surface area contributed by atoms with Gasteiger partial charge in [-0.25, -0.2) is 0 Å². The van der Waals surface area contributed by atoms with Crippen molar-refractivity contribution in [1.29, 1.82) is 5.41 Å². The molecule has 0 aliphatic heterocycles. The largest absolute Gasteiger partial charge is 0.384 e. The smallest absolute Gasteiger partial charge is 0.175 e. The SMILES string of the molecule is CSc1nnc(SCc2ccc(C(=N)N)cc2Cl)s1. The van der Waals surface area contributed by atoms with Crippen molar-refractivity contribution in [3.63, 3.8) is 0 Å². The molecule has 0 radical (unpaired) electrons. The number of nitrogens with two attached hydrogens (primary N) is 1. The minimum Gasteiger partial charge on any atom is -0.384 e. The van der Waals surface area contributed by atoms with Crippen LogP contribution in [0.3, 0.4) is 0 Å². The highest BCUT2D eigenvalue weighted by Gasteiger charge is 2.07. The number of nitrogens with one attached hydrogen (secondary N) is 1. The molecule has 1 aromatic carbocycles. The van der Waals surface area contributed by atoms with Crippen molar-refractivity contribution < 1.29 is 0 Å². The maximum atomic E-state index is 7.36. The molecule has 0 unspecified atom stereocenters. The normalized spacial score (nSPS) is 10.6.